The van der Waals surface area contributed by atoms with E-state index in [1.54, 1.807) is 11.3 Å². The lowest BCUT2D eigenvalue weighted by atomic mass is 9.94. The first-order chi connectivity index (χ1) is 14.0. The lowest BCUT2D eigenvalue weighted by molar-refractivity contribution is 0.847. The van der Waals surface area contributed by atoms with Gasteiger partial charge in [-0.2, -0.15) is 10.5 Å². The molecule has 1 aliphatic rings. The van der Waals surface area contributed by atoms with Gasteiger partial charge < -0.3 is 16.8 Å². The van der Waals surface area contributed by atoms with E-state index in [0.717, 1.165) is 21.8 Å². The molecule has 4 rings (SSSR count). The van der Waals surface area contributed by atoms with Gasteiger partial charge in [0, 0.05) is 16.5 Å². The summed E-state index contributed by atoms with van der Waals surface area (Å²) in [6.07, 6.45) is 1.84. The zero-order chi connectivity index (χ0) is 20.5. The molecule has 3 aromatic rings. The third-order valence-corrected chi connectivity index (χ3v) is 5.25. The van der Waals surface area contributed by atoms with Gasteiger partial charge in [-0.1, -0.05) is 18.2 Å². The molecule has 29 heavy (non-hydrogen) atoms. The Morgan fingerprint density at radius 1 is 1.24 bits per heavy atom. The van der Waals surface area contributed by atoms with Crippen LogP contribution in [0.1, 0.15) is 27.7 Å². The van der Waals surface area contributed by atoms with E-state index in [1.165, 1.54) is 0 Å². The molecule has 0 saturated heterocycles. The molecule has 1 unspecified atom stereocenters. The summed E-state index contributed by atoms with van der Waals surface area (Å²) in [6.45, 7) is 1.95. The zero-order valence-electron chi connectivity index (χ0n) is 15.3. The molecule has 1 aliphatic heterocycles. The number of anilines is 3. The average molecular weight is 401 g/mol. The molecule has 1 aromatic carbocycles. The van der Waals surface area contributed by atoms with Crippen LogP contribution >= 0.6 is 11.3 Å². The summed E-state index contributed by atoms with van der Waals surface area (Å²) in [4.78, 5) is 13.4. The van der Waals surface area contributed by atoms with E-state index in [-0.39, 0.29) is 23.0 Å². The predicted octanol–water partition coefficient (Wildman–Crippen LogP) is 2.49. The molecule has 10 heteroatoms. The molecule has 0 fully saturated rings. The van der Waals surface area contributed by atoms with Crippen molar-refractivity contribution >= 4 is 34.6 Å². The number of aromatic nitrogens is 2. The zero-order valence-corrected chi connectivity index (χ0v) is 16.1. The third kappa shape index (κ3) is 3.18. The lowest BCUT2D eigenvalue weighted by Gasteiger charge is -2.26. The van der Waals surface area contributed by atoms with Gasteiger partial charge in [-0.25, -0.2) is 15.0 Å². The van der Waals surface area contributed by atoms with Crippen molar-refractivity contribution in [3.63, 3.8) is 0 Å². The highest BCUT2D eigenvalue weighted by atomic mass is 32.1. The Balaban J connectivity index is 1.89. The number of aryl methyl sites for hydroxylation is 1. The van der Waals surface area contributed by atoms with Gasteiger partial charge in [-0.3, -0.25) is 5.32 Å². The van der Waals surface area contributed by atoms with Crippen molar-refractivity contribution in [3.8, 4) is 23.5 Å². The van der Waals surface area contributed by atoms with E-state index >= 15 is 0 Å². The maximum Gasteiger partial charge on any atom is 0.211 e. The summed E-state index contributed by atoms with van der Waals surface area (Å²) >= 11 is 1.57. The fourth-order valence-corrected chi connectivity index (χ4v) is 3.81. The number of nitrogen functional groups attached to an aromatic ring is 2. The summed E-state index contributed by atoms with van der Waals surface area (Å²) in [5.74, 6) is 0.586. The van der Waals surface area contributed by atoms with E-state index in [9.17, 15) is 5.26 Å². The molecular formula is C19H15N9S. The third-order valence-electron chi connectivity index (χ3n) is 4.47. The Labute approximate surface area is 170 Å². The molecular weight excluding hydrogens is 386 g/mol. The molecule has 3 heterocycles. The van der Waals surface area contributed by atoms with E-state index < -0.39 is 6.04 Å². The number of rotatable bonds is 2. The summed E-state index contributed by atoms with van der Waals surface area (Å²) < 4.78 is 0. The van der Waals surface area contributed by atoms with Crippen LogP contribution in [-0.2, 0) is 0 Å². The largest absolute Gasteiger partial charge is 0.397 e. The number of benzene rings is 1. The second kappa shape index (κ2) is 7.11. The second-order valence-corrected chi connectivity index (χ2v) is 7.34. The van der Waals surface area contributed by atoms with Crippen molar-refractivity contribution in [2.45, 2.75) is 13.0 Å². The van der Waals surface area contributed by atoms with Crippen LogP contribution in [0.5, 0.6) is 0 Å². The topological polar surface area (TPSA) is 162 Å². The predicted molar refractivity (Wildman–Crippen MR) is 112 cm³/mol. The summed E-state index contributed by atoms with van der Waals surface area (Å²) in [5.41, 5.74) is 15.6. The minimum Gasteiger partial charge on any atom is -0.397 e. The number of aliphatic imine (C=N–C) groups is 1. The van der Waals surface area contributed by atoms with Crippen molar-refractivity contribution in [3.05, 3.63) is 51.3 Å². The molecule has 2 aromatic heterocycles. The SMILES string of the molecule is Cc1nc(-c2cccc(C3N=C(NC#N)Nc4nc(N)c(C#N)c(N)c43)c2)cs1. The van der Waals surface area contributed by atoms with Gasteiger partial charge in [0.05, 0.1) is 16.4 Å². The Hall–Kier alpha value is -4.15. The molecule has 6 N–H and O–H groups in total. The number of fused-ring (bicyclic) bond motifs is 1. The normalized spacial score (nSPS) is 14.7. The fourth-order valence-electron chi connectivity index (χ4n) is 3.19. The quantitative estimate of drug-likeness (QED) is 0.376. The first-order valence-corrected chi connectivity index (χ1v) is 9.41. The molecule has 142 valence electrons. The molecule has 0 spiro atoms. The molecule has 0 bridgehead atoms. The molecule has 0 amide bonds. The van der Waals surface area contributed by atoms with Gasteiger partial charge in [-0.15, -0.1) is 11.3 Å². The lowest BCUT2D eigenvalue weighted by Crippen LogP contribution is -2.32. The molecule has 9 nitrogen and oxygen atoms in total. The molecule has 0 radical (unpaired) electrons. The number of hydrogen-bond donors (Lipinski definition) is 4. The number of hydrogen-bond acceptors (Lipinski definition) is 10. The van der Waals surface area contributed by atoms with Crippen molar-refractivity contribution in [2.24, 2.45) is 4.99 Å². The monoisotopic (exact) mass is 401 g/mol. The Morgan fingerprint density at radius 2 is 2.07 bits per heavy atom. The van der Waals surface area contributed by atoms with Crippen molar-refractivity contribution in [1.82, 2.24) is 15.3 Å². The van der Waals surface area contributed by atoms with Gasteiger partial charge in [0.1, 0.15) is 29.3 Å². The van der Waals surface area contributed by atoms with Gasteiger partial charge in [0.2, 0.25) is 5.96 Å². The van der Waals surface area contributed by atoms with Crippen LogP contribution in [0.3, 0.4) is 0 Å². The molecule has 0 saturated carbocycles. The van der Waals surface area contributed by atoms with E-state index in [1.807, 2.05) is 48.8 Å². The van der Waals surface area contributed by atoms with Crippen molar-refractivity contribution in [2.75, 3.05) is 16.8 Å². The van der Waals surface area contributed by atoms with Gasteiger partial charge in [-0.05, 0) is 18.6 Å². The van der Waals surface area contributed by atoms with Crippen LogP contribution < -0.4 is 22.1 Å². The number of nitriles is 2. The fraction of sp³-hybridized carbons (Fsp3) is 0.105. The Morgan fingerprint density at radius 3 is 2.76 bits per heavy atom. The van der Waals surface area contributed by atoms with Crippen LogP contribution in [0.25, 0.3) is 11.3 Å². The summed E-state index contributed by atoms with van der Waals surface area (Å²) in [6, 6.07) is 9.14. The molecule has 1 atom stereocenters. The number of nitrogens with zero attached hydrogens (tertiary/aromatic N) is 5. The standard InChI is InChI=1S/C19H15N9S/c1-9-25-13(7-29-9)10-3-2-4-11(5-10)16-14-15(22)12(6-20)17(23)27-18(14)28-19(26-16)24-8-21/h2-5,7,16H,1H3,(H6,22,23,24,26,27,28). The van der Waals surface area contributed by atoms with Crippen LogP contribution in [0.4, 0.5) is 17.3 Å². The molecule has 0 aliphatic carbocycles. The number of nitrogens with one attached hydrogen (secondary N) is 2. The van der Waals surface area contributed by atoms with Crippen molar-refractivity contribution < 1.29 is 0 Å². The average Bonchev–Trinajstić information content (AvgIpc) is 3.14. The highest BCUT2D eigenvalue weighted by Crippen LogP contribution is 2.41. The van der Waals surface area contributed by atoms with E-state index in [0.29, 0.717) is 11.4 Å². The number of nitrogens with two attached hydrogens (primary N) is 2. The minimum absolute atomic E-state index is 0.0138. The first kappa shape index (κ1) is 18.2. The summed E-state index contributed by atoms with van der Waals surface area (Å²) in [5, 5.41) is 26.8. The van der Waals surface area contributed by atoms with E-state index in [4.69, 9.17) is 16.7 Å². The Bertz CT molecular complexity index is 1230. The second-order valence-electron chi connectivity index (χ2n) is 6.28. The minimum atomic E-state index is -0.581. The van der Waals surface area contributed by atoms with Crippen LogP contribution in [0.15, 0.2) is 34.6 Å². The highest BCUT2D eigenvalue weighted by molar-refractivity contribution is 7.09. The van der Waals surface area contributed by atoms with Gasteiger partial charge in [0.15, 0.2) is 6.19 Å². The highest BCUT2D eigenvalue weighted by Gasteiger charge is 2.29. The smallest absolute Gasteiger partial charge is 0.211 e. The van der Waals surface area contributed by atoms with E-state index in [2.05, 4.69) is 25.6 Å². The number of guanidine groups is 1. The van der Waals surface area contributed by atoms with Crippen LogP contribution in [-0.4, -0.2) is 15.9 Å². The van der Waals surface area contributed by atoms with Crippen LogP contribution in [0, 0.1) is 29.7 Å². The number of thiazole rings is 1. The van der Waals surface area contributed by atoms with Gasteiger partial charge >= 0.3 is 0 Å². The summed E-state index contributed by atoms with van der Waals surface area (Å²) in [7, 11) is 0. The number of pyridine rings is 1. The maximum absolute atomic E-state index is 9.42. The first-order valence-electron chi connectivity index (χ1n) is 8.53. The van der Waals surface area contributed by atoms with Crippen molar-refractivity contribution in [1.29, 1.82) is 10.5 Å². The van der Waals surface area contributed by atoms with Crippen LogP contribution in [0.2, 0.25) is 0 Å². The maximum atomic E-state index is 9.42. The Kier molecular flexibility index (Phi) is 4.47. The van der Waals surface area contributed by atoms with Gasteiger partial charge in [0.25, 0.3) is 0 Å².